The van der Waals surface area contributed by atoms with E-state index in [0.717, 1.165) is 25.7 Å². The fraction of sp³-hybridized carbons (Fsp3) is 0.579. The molecule has 3 N–H and O–H groups in total. The number of nitrogens with zero attached hydrogens (tertiary/aromatic N) is 1. The molecule has 1 saturated heterocycles. The molecule has 29 heavy (non-hydrogen) atoms. The van der Waals surface area contributed by atoms with Crippen molar-refractivity contribution in [2.75, 3.05) is 19.7 Å². The third-order valence-electron chi connectivity index (χ3n) is 5.49. The van der Waals surface area contributed by atoms with Crippen molar-refractivity contribution in [3.05, 3.63) is 23.2 Å². The summed E-state index contributed by atoms with van der Waals surface area (Å²) in [6.07, 6.45) is 4.81. The maximum absolute atomic E-state index is 12.5. The summed E-state index contributed by atoms with van der Waals surface area (Å²) < 4.78 is 33.2. The van der Waals surface area contributed by atoms with Crippen molar-refractivity contribution < 1.29 is 22.7 Å². The number of carbonyl (C=O) groups is 2. The summed E-state index contributed by atoms with van der Waals surface area (Å²) in [5, 5.41) is 0.125. The van der Waals surface area contributed by atoms with Gasteiger partial charge in [0.15, 0.2) is 6.61 Å². The van der Waals surface area contributed by atoms with Crippen LogP contribution in [0.2, 0.25) is 5.02 Å². The number of ether oxygens (including phenoxy) is 1. The summed E-state index contributed by atoms with van der Waals surface area (Å²) in [5.74, 6) is -0.505. The monoisotopic (exact) mass is 443 g/mol. The molecule has 0 spiro atoms. The normalized spacial score (nSPS) is 18.7. The molecule has 1 aliphatic heterocycles. The van der Waals surface area contributed by atoms with E-state index in [2.05, 4.69) is 4.72 Å². The first-order valence-electron chi connectivity index (χ1n) is 9.78. The van der Waals surface area contributed by atoms with Crippen molar-refractivity contribution in [1.29, 1.82) is 0 Å². The summed E-state index contributed by atoms with van der Waals surface area (Å²) in [5.41, 5.74) is 5.30. The Bertz CT molecular complexity index is 863. The fourth-order valence-corrected chi connectivity index (χ4v) is 5.37. The second-order valence-electron chi connectivity index (χ2n) is 7.54. The van der Waals surface area contributed by atoms with Crippen molar-refractivity contribution in [1.82, 2.24) is 9.62 Å². The minimum atomic E-state index is -3.65. The van der Waals surface area contributed by atoms with E-state index in [1.165, 1.54) is 18.2 Å². The van der Waals surface area contributed by atoms with Gasteiger partial charge in [-0.3, -0.25) is 9.59 Å². The lowest BCUT2D eigenvalue weighted by Crippen LogP contribution is -2.43. The molecule has 8 nitrogen and oxygen atoms in total. The SMILES string of the molecule is NC(=O)C1CCN(C(=O)COc2ccc(S(=O)(=O)NC3CCCC3)cc2Cl)CC1. The number of carbonyl (C=O) groups excluding carboxylic acids is 2. The minimum Gasteiger partial charge on any atom is -0.482 e. The van der Waals surface area contributed by atoms with E-state index in [1.54, 1.807) is 4.90 Å². The first-order valence-corrected chi connectivity index (χ1v) is 11.6. The van der Waals surface area contributed by atoms with E-state index < -0.39 is 10.0 Å². The molecule has 2 fully saturated rings. The number of sulfonamides is 1. The summed E-state index contributed by atoms with van der Waals surface area (Å²) in [4.78, 5) is 25.2. The van der Waals surface area contributed by atoms with Gasteiger partial charge in [0.1, 0.15) is 5.75 Å². The number of rotatable bonds is 7. The second kappa shape index (κ2) is 9.32. The number of halogens is 1. The number of piperidine rings is 1. The zero-order valence-corrected chi connectivity index (χ0v) is 17.7. The third kappa shape index (κ3) is 5.61. The molecule has 1 saturated carbocycles. The molecule has 2 aliphatic rings. The van der Waals surface area contributed by atoms with E-state index >= 15 is 0 Å². The Morgan fingerprint density at radius 2 is 1.83 bits per heavy atom. The Kier molecular flexibility index (Phi) is 7.02. The predicted molar refractivity (Wildman–Crippen MR) is 108 cm³/mol. The van der Waals surface area contributed by atoms with Gasteiger partial charge in [0.05, 0.1) is 9.92 Å². The van der Waals surface area contributed by atoms with E-state index in [-0.39, 0.29) is 46.0 Å². The van der Waals surface area contributed by atoms with Crippen LogP contribution in [0.15, 0.2) is 23.1 Å². The fourth-order valence-electron chi connectivity index (χ4n) is 3.74. The zero-order chi connectivity index (χ0) is 21.0. The second-order valence-corrected chi connectivity index (χ2v) is 9.66. The molecule has 0 unspecified atom stereocenters. The van der Waals surface area contributed by atoms with Crippen LogP contribution in [0.5, 0.6) is 5.75 Å². The van der Waals surface area contributed by atoms with Crippen LogP contribution in [-0.2, 0) is 19.6 Å². The highest BCUT2D eigenvalue weighted by atomic mass is 35.5. The van der Waals surface area contributed by atoms with Crippen LogP contribution in [-0.4, -0.2) is 50.9 Å². The van der Waals surface area contributed by atoms with Crippen molar-refractivity contribution in [3.8, 4) is 5.75 Å². The van der Waals surface area contributed by atoms with Gasteiger partial charge in [-0.2, -0.15) is 0 Å². The van der Waals surface area contributed by atoms with Gasteiger partial charge in [-0.15, -0.1) is 0 Å². The van der Waals surface area contributed by atoms with Gasteiger partial charge < -0.3 is 15.4 Å². The Hall–Kier alpha value is -1.84. The number of primary amides is 1. The number of nitrogens with one attached hydrogen (secondary N) is 1. The Balaban J connectivity index is 1.55. The van der Waals surface area contributed by atoms with Gasteiger partial charge in [-0.25, -0.2) is 13.1 Å². The molecule has 2 amide bonds. The molecule has 1 heterocycles. The molecule has 160 valence electrons. The maximum Gasteiger partial charge on any atom is 0.260 e. The summed E-state index contributed by atoms with van der Waals surface area (Å²) in [6, 6.07) is 4.17. The van der Waals surface area contributed by atoms with Crippen LogP contribution in [0.1, 0.15) is 38.5 Å². The Morgan fingerprint density at radius 3 is 2.41 bits per heavy atom. The molecule has 0 radical (unpaired) electrons. The molecule has 0 bridgehead atoms. The number of hydrogen-bond acceptors (Lipinski definition) is 5. The summed E-state index contributed by atoms with van der Waals surface area (Å²) >= 11 is 6.18. The van der Waals surface area contributed by atoms with Crippen LogP contribution < -0.4 is 15.2 Å². The van der Waals surface area contributed by atoms with Gasteiger partial charge >= 0.3 is 0 Å². The average molecular weight is 444 g/mol. The molecule has 3 rings (SSSR count). The van der Waals surface area contributed by atoms with Crippen LogP contribution in [0.4, 0.5) is 0 Å². The largest absolute Gasteiger partial charge is 0.482 e. The lowest BCUT2D eigenvalue weighted by Gasteiger charge is -2.30. The van der Waals surface area contributed by atoms with Crippen molar-refractivity contribution in [2.24, 2.45) is 11.7 Å². The first kappa shape index (κ1) is 21.9. The van der Waals surface area contributed by atoms with Gasteiger partial charge in [-0.05, 0) is 43.9 Å². The molecule has 1 aromatic rings. The highest BCUT2D eigenvalue weighted by molar-refractivity contribution is 7.89. The Morgan fingerprint density at radius 1 is 1.17 bits per heavy atom. The predicted octanol–water partition coefficient (Wildman–Crippen LogP) is 1.66. The topological polar surface area (TPSA) is 119 Å². The lowest BCUT2D eigenvalue weighted by molar-refractivity contribution is -0.136. The summed E-state index contributed by atoms with van der Waals surface area (Å²) in [6.45, 7) is 0.689. The van der Waals surface area contributed by atoms with Gasteiger partial charge in [0.2, 0.25) is 15.9 Å². The van der Waals surface area contributed by atoms with E-state index in [0.29, 0.717) is 25.9 Å². The highest BCUT2D eigenvalue weighted by Gasteiger charge is 2.27. The van der Waals surface area contributed by atoms with Crippen molar-refractivity contribution in [2.45, 2.75) is 49.5 Å². The number of hydrogen-bond donors (Lipinski definition) is 2. The lowest BCUT2D eigenvalue weighted by atomic mass is 9.96. The standard InChI is InChI=1S/C19H26ClN3O5S/c20-16-11-15(29(26,27)22-14-3-1-2-4-14)5-6-17(16)28-12-18(24)23-9-7-13(8-10-23)19(21)25/h5-6,11,13-14,22H,1-4,7-10,12H2,(H2,21,25). The highest BCUT2D eigenvalue weighted by Crippen LogP contribution is 2.28. The minimum absolute atomic E-state index is 0.0361. The molecule has 0 aromatic heterocycles. The van der Waals surface area contributed by atoms with Crippen LogP contribution in [0.25, 0.3) is 0 Å². The zero-order valence-electron chi connectivity index (χ0n) is 16.1. The first-order chi connectivity index (χ1) is 13.8. The molecular weight excluding hydrogens is 418 g/mol. The van der Waals surface area contributed by atoms with Crippen LogP contribution in [0.3, 0.4) is 0 Å². The number of amides is 2. The molecular formula is C19H26ClN3O5S. The van der Waals surface area contributed by atoms with Gasteiger partial charge in [0, 0.05) is 25.0 Å². The summed E-state index contributed by atoms with van der Waals surface area (Å²) in [7, 11) is -3.65. The number of benzene rings is 1. The number of likely N-dealkylation sites (tertiary alicyclic amines) is 1. The van der Waals surface area contributed by atoms with Gasteiger partial charge in [-0.1, -0.05) is 24.4 Å². The molecule has 1 aromatic carbocycles. The quantitative estimate of drug-likeness (QED) is 0.664. The van der Waals surface area contributed by atoms with E-state index in [4.69, 9.17) is 22.1 Å². The maximum atomic E-state index is 12.5. The molecule has 1 aliphatic carbocycles. The third-order valence-corrected chi connectivity index (χ3v) is 7.31. The van der Waals surface area contributed by atoms with Crippen LogP contribution in [0, 0.1) is 5.92 Å². The number of nitrogens with two attached hydrogens (primary N) is 1. The molecule has 0 atom stereocenters. The average Bonchev–Trinajstić information content (AvgIpc) is 3.19. The van der Waals surface area contributed by atoms with E-state index in [9.17, 15) is 18.0 Å². The van der Waals surface area contributed by atoms with Crippen molar-refractivity contribution in [3.63, 3.8) is 0 Å². The van der Waals surface area contributed by atoms with Gasteiger partial charge in [0.25, 0.3) is 5.91 Å². The smallest absolute Gasteiger partial charge is 0.260 e. The van der Waals surface area contributed by atoms with Crippen molar-refractivity contribution >= 4 is 33.4 Å². The molecule has 10 heteroatoms. The van der Waals surface area contributed by atoms with Crippen LogP contribution >= 0.6 is 11.6 Å². The van der Waals surface area contributed by atoms with E-state index in [1.807, 2.05) is 0 Å². The Labute approximate surface area is 175 Å².